The van der Waals surface area contributed by atoms with Crippen LogP contribution in [-0.2, 0) is 23.9 Å². The van der Waals surface area contributed by atoms with Crippen LogP contribution in [0, 0.1) is 5.82 Å². The van der Waals surface area contributed by atoms with Crippen LogP contribution in [0.25, 0.3) is 10.6 Å². The normalized spacial score (nSPS) is 11.5. The standard InChI is InChI=1S/C20H16F4N2OS/c1-26(11-14-5-2-3-8-17(14)20(22,23)24)18(27)10-16-12-28-19(25-16)13-6-4-7-15(21)9-13/h2-9,12H,10-11H2,1H3. The number of alkyl halides is 3. The average molecular weight is 408 g/mol. The van der Waals surface area contributed by atoms with Gasteiger partial charge in [-0.1, -0.05) is 30.3 Å². The molecule has 0 aliphatic carbocycles. The SMILES string of the molecule is CN(Cc1ccccc1C(F)(F)F)C(=O)Cc1csc(-c2cccc(F)c2)n1. The van der Waals surface area contributed by atoms with Crippen LogP contribution in [0.5, 0.6) is 0 Å². The van der Waals surface area contributed by atoms with Crippen molar-refractivity contribution in [2.75, 3.05) is 7.05 Å². The Labute approximate surface area is 163 Å². The highest BCUT2D eigenvalue weighted by Crippen LogP contribution is 2.32. The molecule has 28 heavy (non-hydrogen) atoms. The van der Waals surface area contributed by atoms with Crippen molar-refractivity contribution in [3.8, 4) is 10.6 Å². The van der Waals surface area contributed by atoms with Crippen LogP contribution in [0.3, 0.4) is 0 Å². The quantitative estimate of drug-likeness (QED) is 0.546. The first-order valence-electron chi connectivity index (χ1n) is 8.33. The van der Waals surface area contributed by atoms with Gasteiger partial charge in [-0.2, -0.15) is 13.2 Å². The van der Waals surface area contributed by atoms with E-state index in [1.54, 1.807) is 17.5 Å². The number of carbonyl (C=O) groups excluding carboxylic acids is 1. The maximum absolute atomic E-state index is 13.3. The molecule has 0 N–H and O–H groups in total. The maximum Gasteiger partial charge on any atom is 0.416 e. The predicted octanol–water partition coefficient (Wildman–Crippen LogP) is 5.17. The Bertz CT molecular complexity index is 984. The number of nitrogens with zero attached hydrogens (tertiary/aromatic N) is 2. The van der Waals surface area contributed by atoms with Crippen molar-refractivity contribution >= 4 is 17.2 Å². The lowest BCUT2D eigenvalue weighted by Crippen LogP contribution is -2.29. The second-order valence-corrected chi connectivity index (χ2v) is 7.09. The third kappa shape index (κ3) is 4.75. The summed E-state index contributed by atoms with van der Waals surface area (Å²) < 4.78 is 52.6. The summed E-state index contributed by atoms with van der Waals surface area (Å²) in [5, 5.41) is 2.27. The van der Waals surface area contributed by atoms with Gasteiger partial charge in [0.25, 0.3) is 0 Å². The van der Waals surface area contributed by atoms with Gasteiger partial charge in [-0.05, 0) is 23.8 Å². The smallest absolute Gasteiger partial charge is 0.341 e. The average Bonchev–Trinajstić information content (AvgIpc) is 3.10. The highest BCUT2D eigenvalue weighted by atomic mass is 32.1. The zero-order valence-electron chi connectivity index (χ0n) is 14.8. The number of rotatable bonds is 5. The lowest BCUT2D eigenvalue weighted by Gasteiger charge is -2.20. The van der Waals surface area contributed by atoms with Gasteiger partial charge < -0.3 is 4.90 Å². The number of aromatic nitrogens is 1. The molecule has 1 amide bonds. The second-order valence-electron chi connectivity index (χ2n) is 6.24. The fourth-order valence-corrected chi connectivity index (χ4v) is 3.53. The van der Waals surface area contributed by atoms with Crippen LogP contribution in [0.1, 0.15) is 16.8 Å². The molecule has 3 nitrogen and oxygen atoms in total. The van der Waals surface area contributed by atoms with E-state index < -0.39 is 11.7 Å². The van der Waals surface area contributed by atoms with Crippen molar-refractivity contribution in [2.45, 2.75) is 19.1 Å². The number of carbonyl (C=O) groups is 1. The van der Waals surface area contributed by atoms with Crippen molar-refractivity contribution < 1.29 is 22.4 Å². The van der Waals surface area contributed by atoms with Gasteiger partial charge in [-0.25, -0.2) is 9.37 Å². The summed E-state index contributed by atoms with van der Waals surface area (Å²) in [6, 6.07) is 11.2. The summed E-state index contributed by atoms with van der Waals surface area (Å²) >= 11 is 1.28. The maximum atomic E-state index is 13.3. The molecular weight excluding hydrogens is 392 g/mol. The van der Waals surface area contributed by atoms with E-state index in [0.717, 1.165) is 6.07 Å². The van der Waals surface area contributed by atoms with Crippen LogP contribution in [0.4, 0.5) is 17.6 Å². The van der Waals surface area contributed by atoms with E-state index >= 15 is 0 Å². The molecule has 2 aromatic carbocycles. The Morgan fingerprint density at radius 3 is 2.61 bits per heavy atom. The first-order valence-corrected chi connectivity index (χ1v) is 9.21. The van der Waals surface area contributed by atoms with E-state index in [4.69, 9.17) is 0 Å². The third-order valence-corrected chi connectivity index (χ3v) is 5.05. The van der Waals surface area contributed by atoms with Gasteiger partial charge in [0.2, 0.25) is 5.91 Å². The number of benzene rings is 2. The number of thiazole rings is 1. The fourth-order valence-electron chi connectivity index (χ4n) is 2.71. The fraction of sp³-hybridized carbons (Fsp3) is 0.200. The van der Waals surface area contributed by atoms with Gasteiger partial charge in [-0.3, -0.25) is 4.79 Å². The molecule has 1 aromatic heterocycles. The Morgan fingerprint density at radius 2 is 1.89 bits per heavy atom. The largest absolute Gasteiger partial charge is 0.416 e. The second kappa shape index (κ2) is 8.10. The Kier molecular flexibility index (Phi) is 5.79. The molecule has 146 valence electrons. The highest BCUT2D eigenvalue weighted by Gasteiger charge is 2.33. The minimum atomic E-state index is -4.48. The summed E-state index contributed by atoms with van der Waals surface area (Å²) in [6.45, 7) is -0.157. The van der Waals surface area contributed by atoms with E-state index in [1.807, 2.05) is 0 Å². The molecule has 0 aliphatic heterocycles. The van der Waals surface area contributed by atoms with E-state index in [2.05, 4.69) is 4.98 Å². The molecule has 3 aromatic rings. The predicted molar refractivity (Wildman–Crippen MR) is 99.1 cm³/mol. The Hall–Kier alpha value is -2.74. The van der Waals surface area contributed by atoms with Crippen molar-refractivity contribution in [1.82, 2.24) is 9.88 Å². The number of amides is 1. The lowest BCUT2D eigenvalue weighted by atomic mass is 10.1. The molecule has 0 unspecified atom stereocenters. The van der Waals surface area contributed by atoms with Gasteiger partial charge in [0.15, 0.2) is 0 Å². The molecule has 0 saturated carbocycles. The summed E-state index contributed by atoms with van der Waals surface area (Å²) in [5.74, 6) is -0.735. The van der Waals surface area contributed by atoms with Gasteiger partial charge in [0.1, 0.15) is 10.8 Å². The van der Waals surface area contributed by atoms with E-state index in [1.165, 1.54) is 53.6 Å². The van der Waals surface area contributed by atoms with Crippen LogP contribution in [0.15, 0.2) is 53.9 Å². The molecule has 0 atom stereocenters. The number of hydrogen-bond acceptors (Lipinski definition) is 3. The third-order valence-electron chi connectivity index (χ3n) is 4.11. The zero-order chi connectivity index (χ0) is 20.3. The van der Waals surface area contributed by atoms with E-state index in [0.29, 0.717) is 16.3 Å². The van der Waals surface area contributed by atoms with Crippen molar-refractivity contribution in [1.29, 1.82) is 0 Å². The van der Waals surface area contributed by atoms with Crippen molar-refractivity contribution in [3.63, 3.8) is 0 Å². The molecule has 0 aliphatic rings. The zero-order valence-corrected chi connectivity index (χ0v) is 15.6. The van der Waals surface area contributed by atoms with Gasteiger partial charge in [-0.15, -0.1) is 11.3 Å². The lowest BCUT2D eigenvalue weighted by molar-refractivity contribution is -0.139. The Balaban J connectivity index is 1.69. The molecule has 0 radical (unpaired) electrons. The molecule has 0 saturated heterocycles. The van der Waals surface area contributed by atoms with Crippen LogP contribution in [-0.4, -0.2) is 22.8 Å². The summed E-state index contributed by atoms with van der Waals surface area (Å²) in [7, 11) is 1.45. The Morgan fingerprint density at radius 1 is 1.14 bits per heavy atom. The molecule has 0 fully saturated rings. The topological polar surface area (TPSA) is 33.2 Å². The monoisotopic (exact) mass is 408 g/mol. The number of hydrogen-bond donors (Lipinski definition) is 0. The van der Waals surface area contributed by atoms with Crippen LogP contribution >= 0.6 is 11.3 Å². The molecule has 0 bridgehead atoms. The summed E-state index contributed by atoms with van der Waals surface area (Å²) in [6.07, 6.45) is -4.52. The first kappa shape index (κ1) is 20.0. The highest BCUT2D eigenvalue weighted by molar-refractivity contribution is 7.13. The summed E-state index contributed by atoms with van der Waals surface area (Å²) in [4.78, 5) is 18.0. The molecular formula is C20H16F4N2OS. The van der Waals surface area contributed by atoms with Crippen molar-refractivity contribution in [2.24, 2.45) is 0 Å². The number of likely N-dealkylation sites (N-methyl/N-ethyl adjacent to an activating group) is 1. The van der Waals surface area contributed by atoms with Crippen LogP contribution < -0.4 is 0 Å². The minimum Gasteiger partial charge on any atom is -0.341 e. The number of halogens is 4. The van der Waals surface area contributed by atoms with E-state index in [-0.39, 0.29) is 30.3 Å². The molecule has 3 rings (SSSR count). The van der Waals surface area contributed by atoms with Crippen LogP contribution in [0.2, 0.25) is 0 Å². The first-order chi connectivity index (χ1) is 13.2. The van der Waals surface area contributed by atoms with Gasteiger partial charge in [0.05, 0.1) is 17.7 Å². The minimum absolute atomic E-state index is 0.0320. The van der Waals surface area contributed by atoms with Crippen molar-refractivity contribution in [3.05, 3.63) is 76.5 Å². The molecule has 0 spiro atoms. The summed E-state index contributed by atoms with van der Waals surface area (Å²) in [5.41, 5.74) is 0.377. The van der Waals surface area contributed by atoms with E-state index in [9.17, 15) is 22.4 Å². The van der Waals surface area contributed by atoms with Gasteiger partial charge in [0, 0.05) is 24.5 Å². The molecule has 8 heteroatoms. The van der Waals surface area contributed by atoms with Gasteiger partial charge >= 0.3 is 6.18 Å². The molecule has 1 heterocycles.